The fourth-order valence-corrected chi connectivity index (χ4v) is 4.27. The highest BCUT2D eigenvalue weighted by molar-refractivity contribution is 8.01. The van der Waals surface area contributed by atoms with Crippen LogP contribution in [0.1, 0.15) is 11.1 Å². The van der Waals surface area contributed by atoms with Crippen molar-refractivity contribution in [2.45, 2.75) is 16.4 Å². The van der Waals surface area contributed by atoms with Crippen LogP contribution in [0, 0.1) is 0 Å². The minimum atomic E-state index is -0.765. The molecule has 8 heteroatoms. The van der Waals surface area contributed by atoms with E-state index in [-0.39, 0.29) is 0 Å². The van der Waals surface area contributed by atoms with Crippen molar-refractivity contribution < 1.29 is 0 Å². The van der Waals surface area contributed by atoms with Gasteiger partial charge in [-0.15, -0.1) is 0 Å². The number of fused-ring (bicyclic) bond motifs is 1. The maximum absolute atomic E-state index is 6.56. The molecule has 0 bridgehead atoms. The van der Waals surface area contributed by atoms with Crippen molar-refractivity contribution in [3.8, 4) is 0 Å². The number of likely N-dealkylation sites (N-methyl/N-ethyl adjacent to an activating group) is 1. The summed E-state index contributed by atoms with van der Waals surface area (Å²) in [6, 6.07) is 8.48. The highest BCUT2D eigenvalue weighted by atomic mass is 32.2. The van der Waals surface area contributed by atoms with Gasteiger partial charge in [-0.05, 0) is 12.6 Å². The molecule has 2 aliphatic heterocycles. The van der Waals surface area contributed by atoms with E-state index in [1.807, 2.05) is 0 Å². The molecule has 25 heavy (non-hydrogen) atoms. The average molecular weight is 357 g/mol. The number of nitrogen functional groups attached to an aromatic ring is 1. The van der Waals surface area contributed by atoms with E-state index in [0.29, 0.717) is 11.6 Å². The second kappa shape index (κ2) is 6.45. The number of benzene rings is 1. The minimum Gasteiger partial charge on any atom is -0.383 e. The Kier molecular flexibility index (Phi) is 4.28. The van der Waals surface area contributed by atoms with Crippen LogP contribution in [0.15, 0.2) is 35.5 Å². The Morgan fingerprint density at radius 2 is 1.88 bits per heavy atom. The van der Waals surface area contributed by atoms with E-state index < -0.39 is 4.99 Å². The van der Waals surface area contributed by atoms with E-state index >= 15 is 0 Å². The molecule has 1 aromatic carbocycles. The number of hydrogen-bond donors (Lipinski definition) is 3. The lowest BCUT2D eigenvalue weighted by atomic mass is 10.1. The van der Waals surface area contributed by atoms with Crippen LogP contribution >= 0.6 is 11.8 Å². The number of thioether (sulfide) groups is 1. The maximum Gasteiger partial charge on any atom is 0.167 e. The van der Waals surface area contributed by atoms with Gasteiger partial charge in [-0.25, -0.2) is 9.97 Å². The van der Waals surface area contributed by atoms with Gasteiger partial charge in [0.05, 0.1) is 4.90 Å². The summed E-state index contributed by atoms with van der Waals surface area (Å²) in [6.07, 6.45) is 1.45. The van der Waals surface area contributed by atoms with Crippen molar-refractivity contribution in [2.24, 2.45) is 5.73 Å². The van der Waals surface area contributed by atoms with Gasteiger partial charge in [-0.2, -0.15) is 0 Å². The average Bonchev–Trinajstić information content (AvgIpc) is 2.97. The Morgan fingerprint density at radius 3 is 2.56 bits per heavy atom. The molecule has 7 nitrogen and oxygen atoms in total. The maximum atomic E-state index is 6.56. The lowest BCUT2D eigenvalue weighted by Gasteiger charge is -2.32. The van der Waals surface area contributed by atoms with Gasteiger partial charge in [0.2, 0.25) is 0 Å². The van der Waals surface area contributed by atoms with Crippen LogP contribution in [0.4, 0.5) is 11.6 Å². The van der Waals surface area contributed by atoms with Gasteiger partial charge in [0.1, 0.15) is 18.0 Å². The number of nitrogens with two attached hydrogens (primary N) is 2. The summed E-state index contributed by atoms with van der Waals surface area (Å²) >= 11 is 1.46. The number of rotatable bonds is 3. The fraction of sp³-hybridized carbons (Fsp3) is 0.412. The predicted octanol–water partition coefficient (Wildman–Crippen LogP) is 1.09. The van der Waals surface area contributed by atoms with Crippen LogP contribution in [0.2, 0.25) is 0 Å². The van der Waals surface area contributed by atoms with Gasteiger partial charge >= 0.3 is 0 Å². The molecule has 1 fully saturated rings. The number of nitrogens with zero attached hydrogens (tertiary/aromatic N) is 4. The van der Waals surface area contributed by atoms with Crippen molar-refractivity contribution in [1.82, 2.24) is 19.8 Å². The second-order valence-electron chi connectivity index (χ2n) is 6.68. The monoisotopic (exact) mass is 357 g/mol. The smallest absolute Gasteiger partial charge is 0.167 e. The molecule has 0 radical (unpaired) electrons. The third-order valence-corrected chi connectivity index (χ3v) is 6.05. The van der Waals surface area contributed by atoms with E-state index in [1.165, 1.54) is 23.7 Å². The molecule has 0 saturated carbocycles. The molecule has 2 aromatic rings. The number of piperazine rings is 1. The van der Waals surface area contributed by atoms with Crippen molar-refractivity contribution >= 4 is 23.4 Å². The Balaban J connectivity index is 1.47. The first-order valence-corrected chi connectivity index (χ1v) is 9.22. The highest BCUT2D eigenvalue weighted by Gasteiger charge is 2.38. The molecule has 2 aliphatic rings. The van der Waals surface area contributed by atoms with Crippen LogP contribution in [0.3, 0.4) is 0 Å². The normalized spacial score (nSPS) is 24.1. The molecule has 1 aromatic heterocycles. The molecule has 3 heterocycles. The summed E-state index contributed by atoms with van der Waals surface area (Å²) in [4.78, 5) is 13.2. The third-order valence-electron chi connectivity index (χ3n) is 4.78. The first kappa shape index (κ1) is 16.6. The zero-order valence-corrected chi connectivity index (χ0v) is 15.1. The van der Waals surface area contributed by atoms with E-state index in [4.69, 9.17) is 11.5 Å². The molecule has 1 unspecified atom stereocenters. The van der Waals surface area contributed by atoms with Gasteiger partial charge in [0, 0.05) is 38.3 Å². The van der Waals surface area contributed by atoms with Crippen LogP contribution in [-0.2, 0) is 11.5 Å². The van der Waals surface area contributed by atoms with Crippen LogP contribution in [-0.4, -0.2) is 53.0 Å². The second-order valence-corrected chi connectivity index (χ2v) is 7.93. The minimum absolute atomic E-state index is 0.460. The first-order valence-electron chi connectivity index (χ1n) is 8.40. The van der Waals surface area contributed by atoms with E-state index in [9.17, 15) is 0 Å². The third kappa shape index (κ3) is 3.30. The number of nitrogens with one attached hydrogen (secondary N) is 1. The zero-order chi connectivity index (χ0) is 17.4. The molecule has 1 atom stereocenters. The number of aromatic nitrogens is 2. The first-order chi connectivity index (χ1) is 12.0. The van der Waals surface area contributed by atoms with Crippen molar-refractivity contribution in [3.63, 3.8) is 0 Å². The molecular formula is C17H23N7S. The quantitative estimate of drug-likeness (QED) is 0.751. The van der Waals surface area contributed by atoms with Crippen LogP contribution in [0.5, 0.6) is 0 Å². The topological polar surface area (TPSA) is 96.3 Å². The van der Waals surface area contributed by atoms with Gasteiger partial charge in [0.15, 0.2) is 4.99 Å². The Bertz CT molecular complexity index is 758. The van der Waals surface area contributed by atoms with Crippen molar-refractivity contribution in [3.05, 3.63) is 41.7 Å². The molecule has 1 saturated heterocycles. The Labute approximate surface area is 151 Å². The van der Waals surface area contributed by atoms with Gasteiger partial charge in [-0.1, -0.05) is 36.0 Å². The molecule has 0 amide bonds. The summed E-state index contributed by atoms with van der Waals surface area (Å²) in [5.41, 5.74) is 14.8. The van der Waals surface area contributed by atoms with Gasteiger partial charge in [0.25, 0.3) is 0 Å². The van der Waals surface area contributed by atoms with E-state index in [0.717, 1.165) is 43.2 Å². The molecule has 4 rings (SSSR count). The summed E-state index contributed by atoms with van der Waals surface area (Å²) in [5.74, 6) is 1.16. The predicted molar refractivity (Wildman–Crippen MR) is 101 cm³/mol. The van der Waals surface area contributed by atoms with Crippen LogP contribution < -0.4 is 16.8 Å². The zero-order valence-electron chi connectivity index (χ0n) is 14.3. The molecule has 0 aliphatic carbocycles. The molecular weight excluding hydrogens is 334 g/mol. The lowest BCUT2D eigenvalue weighted by molar-refractivity contribution is 0.148. The Hall–Kier alpha value is -1.87. The van der Waals surface area contributed by atoms with Crippen molar-refractivity contribution in [1.29, 1.82) is 0 Å². The van der Waals surface area contributed by atoms with Crippen molar-refractivity contribution in [2.75, 3.05) is 44.3 Å². The summed E-state index contributed by atoms with van der Waals surface area (Å²) in [6.45, 7) is 5.47. The highest BCUT2D eigenvalue weighted by Crippen LogP contribution is 2.48. The summed E-state index contributed by atoms with van der Waals surface area (Å²) in [7, 11) is 2.17. The summed E-state index contributed by atoms with van der Waals surface area (Å²) < 4.78 is 0. The molecule has 0 spiro atoms. The molecule has 132 valence electrons. The standard InChI is InChI=1S/C17H23N7S/c1-23-6-8-24(9-7-23)10-12-2-4-13(5-3-12)17(19)22-16-14(25-17)15(18)20-11-21-16/h2-5,11H,6-10,19H2,1H3,(H3,18,20,21,22). The number of anilines is 2. The SMILES string of the molecule is CN1CCN(Cc2ccc(C3(N)Nc4ncnc(N)c4S3)cc2)CC1. The van der Waals surface area contributed by atoms with Gasteiger partial charge < -0.3 is 16.0 Å². The van der Waals surface area contributed by atoms with E-state index in [1.54, 1.807) is 0 Å². The lowest BCUT2D eigenvalue weighted by Crippen LogP contribution is -2.43. The van der Waals surface area contributed by atoms with Gasteiger partial charge in [-0.3, -0.25) is 10.6 Å². The number of hydrogen-bond acceptors (Lipinski definition) is 8. The fourth-order valence-electron chi connectivity index (χ4n) is 3.19. The van der Waals surface area contributed by atoms with E-state index in [2.05, 4.69) is 56.4 Å². The largest absolute Gasteiger partial charge is 0.383 e. The Morgan fingerprint density at radius 1 is 1.16 bits per heavy atom. The molecule has 5 N–H and O–H groups in total. The van der Waals surface area contributed by atoms with Crippen LogP contribution in [0.25, 0.3) is 0 Å². The summed E-state index contributed by atoms with van der Waals surface area (Å²) in [5, 5.41) is 3.27.